The molecule has 6 nitrogen and oxygen atoms in total. The SMILES string of the molecule is Oc1ccc(N(Nn2cncn2)c2ccc(Cl)cc2Cl)cc1. The number of aromatic hydroxyl groups is 1. The fourth-order valence-electron chi connectivity index (χ4n) is 1.88. The fourth-order valence-corrected chi connectivity index (χ4v) is 2.37. The summed E-state index contributed by atoms with van der Waals surface area (Å²) in [5.74, 6) is 0.173. The Kier molecular flexibility index (Phi) is 4.04. The van der Waals surface area contributed by atoms with Crippen molar-refractivity contribution >= 4 is 34.6 Å². The number of hydrazine groups is 1. The normalized spacial score (nSPS) is 10.5. The second-order valence-electron chi connectivity index (χ2n) is 4.39. The third kappa shape index (κ3) is 3.08. The molecule has 0 saturated heterocycles. The Balaban J connectivity index is 2.03. The highest BCUT2D eigenvalue weighted by molar-refractivity contribution is 6.36. The number of nitrogens with zero attached hydrogens (tertiary/aromatic N) is 4. The molecule has 0 amide bonds. The quantitative estimate of drug-likeness (QED) is 0.713. The molecular formula is C14H11Cl2N5O. The lowest BCUT2D eigenvalue weighted by Crippen LogP contribution is -2.32. The minimum Gasteiger partial charge on any atom is -0.508 e. The molecule has 0 radical (unpaired) electrons. The van der Waals surface area contributed by atoms with Crippen molar-refractivity contribution in [2.45, 2.75) is 0 Å². The second-order valence-corrected chi connectivity index (χ2v) is 5.23. The summed E-state index contributed by atoms with van der Waals surface area (Å²) >= 11 is 12.2. The van der Waals surface area contributed by atoms with Gasteiger partial charge in [-0.2, -0.15) is 0 Å². The van der Waals surface area contributed by atoms with Crippen LogP contribution in [0.3, 0.4) is 0 Å². The number of phenolic OH excluding ortho intramolecular Hbond substituents is 1. The van der Waals surface area contributed by atoms with Gasteiger partial charge in [0.1, 0.15) is 18.4 Å². The van der Waals surface area contributed by atoms with Crippen LogP contribution < -0.4 is 10.5 Å². The Morgan fingerprint density at radius 1 is 1.09 bits per heavy atom. The molecule has 112 valence electrons. The number of anilines is 2. The van der Waals surface area contributed by atoms with Crippen molar-refractivity contribution in [3.05, 3.63) is 65.2 Å². The number of rotatable bonds is 4. The van der Waals surface area contributed by atoms with Crippen LogP contribution in [0.4, 0.5) is 11.4 Å². The summed E-state index contributed by atoms with van der Waals surface area (Å²) in [4.78, 5) is 5.31. The summed E-state index contributed by atoms with van der Waals surface area (Å²) in [7, 11) is 0. The minimum atomic E-state index is 0.173. The molecule has 3 aromatic rings. The standard InChI is InChI=1S/C14H11Cl2N5O/c15-10-1-6-14(13(16)7-10)21(19-20-9-17-8-18-20)11-2-4-12(22)5-3-11/h1-9,19,22H. The molecule has 0 aliphatic rings. The van der Waals surface area contributed by atoms with E-state index in [9.17, 15) is 5.11 Å². The summed E-state index contributed by atoms with van der Waals surface area (Å²) in [6.07, 6.45) is 2.92. The Morgan fingerprint density at radius 2 is 1.86 bits per heavy atom. The molecule has 3 rings (SSSR count). The molecular weight excluding hydrogens is 325 g/mol. The van der Waals surface area contributed by atoms with Crippen LogP contribution in [0, 0.1) is 0 Å². The first-order valence-corrected chi connectivity index (χ1v) is 7.04. The van der Waals surface area contributed by atoms with Crippen LogP contribution in [0.1, 0.15) is 0 Å². The smallest absolute Gasteiger partial charge is 0.139 e. The first kappa shape index (κ1) is 14.5. The molecule has 0 aliphatic carbocycles. The van der Waals surface area contributed by atoms with Crippen LogP contribution in [0.5, 0.6) is 5.75 Å². The van der Waals surface area contributed by atoms with Gasteiger partial charge in [0.25, 0.3) is 0 Å². The number of hydrogen-bond donors (Lipinski definition) is 2. The largest absolute Gasteiger partial charge is 0.508 e. The van der Waals surface area contributed by atoms with E-state index in [0.717, 1.165) is 5.69 Å². The predicted octanol–water partition coefficient (Wildman–Crippen LogP) is 3.59. The average Bonchev–Trinajstić information content (AvgIpc) is 2.99. The van der Waals surface area contributed by atoms with Crippen molar-refractivity contribution in [1.29, 1.82) is 0 Å². The predicted molar refractivity (Wildman–Crippen MR) is 86.1 cm³/mol. The number of halogens is 2. The monoisotopic (exact) mass is 335 g/mol. The van der Waals surface area contributed by atoms with Crippen molar-refractivity contribution in [2.24, 2.45) is 0 Å². The van der Waals surface area contributed by atoms with Crippen LogP contribution >= 0.6 is 23.2 Å². The topological polar surface area (TPSA) is 66.2 Å². The van der Waals surface area contributed by atoms with E-state index < -0.39 is 0 Å². The van der Waals surface area contributed by atoms with E-state index in [2.05, 4.69) is 15.6 Å². The van der Waals surface area contributed by atoms with Crippen LogP contribution in [0.15, 0.2) is 55.1 Å². The molecule has 0 fully saturated rings. The van der Waals surface area contributed by atoms with Crippen LogP contribution in [0.2, 0.25) is 10.0 Å². The highest BCUT2D eigenvalue weighted by Gasteiger charge is 2.14. The highest BCUT2D eigenvalue weighted by Crippen LogP contribution is 2.33. The molecule has 0 bridgehead atoms. The lowest BCUT2D eigenvalue weighted by molar-refractivity contribution is 0.475. The Bertz CT molecular complexity index is 761. The maximum absolute atomic E-state index is 9.45. The maximum Gasteiger partial charge on any atom is 0.139 e. The number of hydrogen-bond acceptors (Lipinski definition) is 5. The van der Waals surface area contributed by atoms with E-state index in [-0.39, 0.29) is 5.75 Å². The van der Waals surface area contributed by atoms with Crippen LogP contribution in [0.25, 0.3) is 0 Å². The van der Waals surface area contributed by atoms with Crippen molar-refractivity contribution in [3.8, 4) is 5.75 Å². The minimum absolute atomic E-state index is 0.173. The third-order valence-electron chi connectivity index (χ3n) is 2.88. The van der Waals surface area contributed by atoms with E-state index in [4.69, 9.17) is 23.2 Å². The summed E-state index contributed by atoms with van der Waals surface area (Å²) in [5.41, 5.74) is 4.46. The average molecular weight is 336 g/mol. The van der Waals surface area contributed by atoms with Gasteiger partial charge in [0, 0.05) is 5.02 Å². The molecule has 0 atom stereocenters. The lowest BCUT2D eigenvalue weighted by Gasteiger charge is -2.26. The van der Waals surface area contributed by atoms with Gasteiger partial charge >= 0.3 is 0 Å². The van der Waals surface area contributed by atoms with Gasteiger partial charge in [0.2, 0.25) is 0 Å². The summed E-state index contributed by atoms with van der Waals surface area (Å²) < 4.78 is 0. The zero-order chi connectivity index (χ0) is 15.5. The van der Waals surface area contributed by atoms with Crippen molar-refractivity contribution in [2.75, 3.05) is 10.5 Å². The fraction of sp³-hybridized carbons (Fsp3) is 0. The molecule has 1 heterocycles. The van der Waals surface area contributed by atoms with Gasteiger partial charge < -0.3 is 5.11 Å². The molecule has 8 heteroatoms. The summed E-state index contributed by atoms with van der Waals surface area (Å²) in [5, 5.41) is 16.2. The summed E-state index contributed by atoms with van der Waals surface area (Å²) in [6.45, 7) is 0. The lowest BCUT2D eigenvalue weighted by atomic mass is 10.2. The number of nitrogens with one attached hydrogen (secondary N) is 1. The van der Waals surface area contributed by atoms with E-state index in [1.807, 2.05) is 0 Å². The van der Waals surface area contributed by atoms with Gasteiger partial charge in [0.15, 0.2) is 0 Å². The van der Waals surface area contributed by atoms with Crippen LogP contribution in [-0.2, 0) is 0 Å². The van der Waals surface area contributed by atoms with Gasteiger partial charge in [-0.15, -0.1) is 9.89 Å². The number of aromatic nitrogens is 3. The Hall–Kier alpha value is -2.44. The first-order valence-electron chi connectivity index (χ1n) is 6.29. The summed E-state index contributed by atoms with van der Waals surface area (Å²) in [6, 6.07) is 11.8. The van der Waals surface area contributed by atoms with Gasteiger partial charge in [-0.25, -0.2) is 15.5 Å². The van der Waals surface area contributed by atoms with Gasteiger partial charge in [-0.1, -0.05) is 23.2 Å². The van der Waals surface area contributed by atoms with Gasteiger partial charge in [-0.05, 0) is 42.5 Å². The number of benzene rings is 2. The van der Waals surface area contributed by atoms with Gasteiger partial charge in [0.05, 0.1) is 16.4 Å². The Morgan fingerprint density at radius 3 is 2.50 bits per heavy atom. The van der Waals surface area contributed by atoms with Crippen molar-refractivity contribution in [1.82, 2.24) is 14.9 Å². The van der Waals surface area contributed by atoms with E-state index in [0.29, 0.717) is 15.7 Å². The van der Waals surface area contributed by atoms with E-state index >= 15 is 0 Å². The highest BCUT2D eigenvalue weighted by atomic mass is 35.5. The zero-order valence-electron chi connectivity index (χ0n) is 11.2. The van der Waals surface area contributed by atoms with E-state index in [1.165, 1.54) is 17.4 Å². The third-order valence-corrected chi connectivity index (χ3v) is 3.42. The Labute approximate surface area is 136 Å². The second kappa shape index (κ2) is 6.13. The maximum atomic E-state index is 9.45. The van der Waals surface area contributed by atoms with Crippen molar-refractivity contribution in [3.63, 3.8) is 0 Å². The van der Waals surface area contributed by atoms with Crippen LogP contribution in [-0.4, -0.2) is 20.0 Å². The molecule has 0 aliphatic heterocycles. The molecule has 2 aromatic carbocycles. The zero-order valence-corrected chi connectivity index (χ0v) is 12.7. The molecule has 0 spiro atoms. The molecule has 0 unspecified atom stereocenters. The molecule has 2 N–H and O–H groups in total. The molecule has 22 heavy (non-hydrogen) atoms. The number of phenols is 1. The molecule has 0 saturated carbocycles. The van der Waals surface area contributed by atoms with Crippen molar-refractivity contribution < 1.29 is 5.11 Å². The van der Waals surface area contributed by atoms with Gasteiger partial charge in [-0.3, -0.25) is 0 Å². The van der Waals surface area contributed by atoms with E-state index in [1.54, 1.807) is 47.5 Å². The first-order chi connectivity index (χ1) is 10.6. The molecule has 1 aromatic heterocycles.